The highest BCUT2D eigenvalue weighted by atomic mass is 16.2. The van der Waals surface area contributed by atoms with Gasteiger partial charge in [-0.05, 0) is 42.2 Å². The van der Waals surface area contributed by atoms with Crippen LogP contribution >= 0.6 is 0 Å². The Kier molecular flexibility index (Phi) is 1.96. The molecule has 3 aliphatic carbocycles. The first-order chi connectivity index (χ1) is 10.2. The molecule has 1 aromatic rings. The molecule has 2 saturated carbocycles. The van der Waals surface area contributed by atoms with Crippen LogP contribution in [0.15, 0.2) is 42.5 Å². The van der Waals surface area contributed by atoms with Crippen LogP contribution in [-0.2, 0) is 9.59 Å². The molecule has 1 spiro atoms. The van der Waals surface area contributed by atoms with Gasteiger partial charge in [0.2, 0.25) is 11.8 Å². The van der Waals surface area contributed by atoms with Crippen molar-refractivity contribution in [2.75, 3.05) is 5.01 Å². The largest absolute Gasteiger partial charge is 0.273 e. The van der Waals surface area contributed by atoms with Crippen LogP contribution in [0.4, 0.5) is 5.69 Å². The first-order valence-corrected chi connectivity index (χ1v) is 7.60. The Morgan fingerprint density at radius 3 is 2.33 bits per heavy atom. The molecule has 4 aliphatic rings. The predicted molar refractivity (Wildman–Crippen MR) is 76.8 cm³/mol. The minimum absolute atomic E-state index is 0.00609. The third-order valence-corrected chi connectivity index (χ3v) is 5.89. The highest BCUT2D eigenvalue weighted by Gasteiger charge is 2.71. The highest BCUT2D eigenvalue weighted by molar-refractivity contribution is 6.05. The Labute approximate surface area is 122 Å². The highest BCUT2D eigenvalue weighted by Crippen LogP contribution is 2.72. The second kappa shape index (κ2) is 3.56. The summed E-state index contributed by atoms with van der Waals surface area (Å²) in [5.74, 6) is 0.263. The van der Waals surface area contributed by atoms with E-state index in [1.54, 1.807) is 0 Å². The second-order valence-corrected chi connectivity index (χ2v) is 6.71. The number of nitrogens with zero attached hydrogens (tertiary/aromatic N) is 1. The molecule has 21 heavy (non-hydrogen) atoms. The molecule has 2 amide bonds. The fourth-order valence-electron chi connectivity index (χ4n) is 4.85. The number of hydrogen-bond donors (Lipinski definition) is 1. The number of carbonyl (C=O) groups is 2. The molecule has 1 aromatic carbocycles. The lowest BCUT2D eigenvalue weighted by Crippen LogP contribution is -2.60. The van der Waals surface area contributed by atoms with E-state index in [0.29, 0.717) is 0 Å². The number of allylic oxidation sites excluding steroid dienone is 2. The smallest absolute Gasteiger partial charge is 0.250 e. The van der Waals surface area contributed by atoms with Gasteiger partial charge >= 0.3 is 0 Å². The van der Waals surface area contributed by atoms with Crippen LogP contribution < -0.4 is 10.4 Å². The van der Waals surface area contributed by atoms with Crippen molar-refractivity contribution in [1.82, 2.24) is 5.43 Å². The minimum atomic E-state index is -0.170. The lowest BCUT2D eigenvalue weighted by molar-refractivity contribution is -0.140. The number of hydrazine groups is 1. The van der Waals surface area contributed by atoms with Crippen LogP contribution in [0.2, 0.25) is 0 Å². The SMILES string of the molecule is O=C1NN(c2ccccc2)C(=O)[C@@H]2[C@H]1[C@H]1C=C[C@H]2C12CC2. The molecule has 3 fully saturated rings. The minimum Gasteiger partial charge on any atom is -0.273 e. The van der Waals surface area contributed by atoms with Crippen LogP contribution in [0.5, 0.6) is 0 Å². The van der Waals surface area contributed by atoms with Gasteiger partial charge in [0.1, 0.15) is 0 Å². The quantitative estimate of drug-likeness (QED) is 0.799. The molecule has 4 nitrogen and oxygen atoms in total. The van der Waals surface area contributed by atoms with Gasteiger partial charge in [-0.2, -0.15) is 0 Å². The third-order valence-electron chi connectivity index (χ3n) is 5.89. The van der Waals surface area contributed by atoms with E-state index in [0.717, 1.165) is 18.5 Å². The van der Waals surface area contributed by atoms with Gasteiger partial charge in [0.05, 0.1) is 17.5 Å². The van der Waals surface area contributed by atoms with Gasteiger partial charge in [0.15, 0.2) is 0 Å². The van der Waals surface area contributed by atoms with E-state index in [-0.39, 0.29) is 40.9 Å². The maximum absolute atomic E-state index is 12.9. The molecule has 5 rings (SSSR count). The first-order valence-electron chi connectivity index (χ1n) is 7.60. The number of carbonyl (C=O) groups excluding carboxylic acids is 2. The summed E-state index contributed by atoms with van der Waals surface area (Å²) >= 11 is 0. The van der Waals surface area contributed by atoms with Gasteiger partial charge in [-0.25, -0.2) is 5.01 Å². The van der Waals surface area contributed by atoms with E-state index in [2.05, 4.69) is 17.6 Å². The molecule has 2 bridgehead atoms. The van der Waals surface area contributed by atoms with Crippen LogP contribution in [0, 0.1) is 29.1 Å². The van der Waals surface area contributed by atoms with Gasteiger partial charge in [0.25, 0.3) is 0 Å². The van der Waals surface area contributed by atoms with Gasteiger partial charge in [-0.15, -0.1) is 0 Å². The normalized spacial score (nSPS) is 37.8. The number of amides is 2. The van der Waals surface area contributed by atoms with Crippen molar-refractivity contribution in [3.05, 3.63) is 42.5 Å². The Hall–Kier alpha value is -2.10. The lowest BCUT2D eigenvalue weighted by atomic mass is 9.80. The van der Waals surface area contributed by atoms with Crippen molar-refractivity contribution >= 4 is 17.5 Å². The summed E-state index contributed by atoms with van der Waals surface area (Å²) in [5.41, 5.74) is 3.79. The van der Waals surface area contributed by atoms with Crippen LogP contribution in [-0.4, -0.2) is 11.8 Å². The van der Waals surface area contributed by atoms with Crippen LogP contribution in [0.1, 0.15) is 12.8 Å². The summed E-state index contributed by atoms with van der Waals surface area (Å²) in [6.45, 7) is 0. The van der Waals surface area contributed by atoms with E-state index in [9.17, 15) is 9.59 Å². The molecular weight excluding hydrogens is 264 g/mol. The summed E-state index contributed by atoms with van der Waals surface area (Å²) in [6, 6.07) is 9.37. The molecule has 4 heteroatoms. The first kappa shape index (κ1) is 11.5. The molecular formula is C17H16N2O2. The summed E-state index contributed by atoms with van der Waals surface area (Å²) in [7, 11) is 0. The molecule has 4 atom stereocenters. The number of para-hydroxylation sites is 1. The van der Waals surface area contributed by atoms with Gasteiger partial charge < -0.3 is 0 Å². The van der Waals surface area contributed by atoms with Crippen molar-refractivity contribution in [2.45, 2.75) is 12.8 Å². The standard InChI is InChI=1S/C17H16N2O2/c20-15-13-11-6-7-12(17(11)8-9-17)14(13)16(21)19(18-15)10-4-2-1-3-5-10/h1-7,11-14H,8-9H2,(H,18,20)/t11-,12-,13-,14+/m1/s1. The predicted octanol–water partition coefficient (Wildman–Crippen LogP) is 1.89. The van der Waals surface area contributed by atoms with Crippen LogP contribution in [0.3, 0.4) is 0 Å². The topological polar surface area (TPSA) is 49.4 Å². The molecule has 1 aliphatic heterocycles. The molecule has 1 heterocycles. The third kappa shape index (κ3) is 1.26. The van der Waals surface area contributed by atoms with E-state index in [4.69, 9.17) is 0 Å². The summed E-state index contributed by atoms with van der Waals surface area (Å²) in [4.78, 5) is 25.5. The van der Waals surface area contributed by atoms with E-state index in [1.807, 2.05) is 30.3 Å². The zero-order valence-corrected chi connectivity index (χ0v) is 11.5. The molecule has 0 unspecified atom stereocenters. The number of benzene rings is 1. The fraction of sp³-hybridized carbons (Fsp3) is 0.412. The molecule has 1 saturated heterocycles. The number of fused-ring (bicyclic) bond motifs is 3. The van der Waals surface area contributed by atoms with Crippen molar-refractivity contribution in [2.24, 2.45) is 29.1 Å². The Morgan fingerprint density at radius 2 is 1.67 bits per heavy atom. The zero-order chi connectivity index (χ0) is 14.2. The van der Waals surface area contributed by atoms with Gasteiger partial charge in [-0.3, -0.25) is 15.0 Å². The summed E-state index contributed by atoms with van der Waals surface area (Å²) in [6.07, 6.45) is 6.70. The number of rotatable bonds is 1. The molecule has 0 aromatic heterocycles. The van der Waals surface area contributed by atoms with Crippen molar-refractivity contribution in [3.8, 4) is 0 Å². The molecule has 1 N–H and O–H groups in total. The van der Waals surface area contributed by atoms with E-state index < -0.39 is 0 Å². The zero-order valence-electron chi connectivity index (χ0n) is 11.5. The number of nitrogens with one attached hydrogen (secondary N) is 1. The average Bonchev–Trinajstić information content (AvgIpc) is 3.17. The van der Waals surface area contributed by atoms with Gasteiger partial charge in [0, 0.05) is 0 Å². The molecule has 0 radical (unpaired) electrons. The Balaban J connectivity index is 1.57. The molecule has 106 valence electrons. The maximum atomic E-state index is 12.9. The average molecular weight is 280 g/mol. The fourth-order valence-corrected chi connectivity index (χ4v) is 4.85. The summed E-state index contributed by atoms with van der Waals surface area (Å²) < 4.78 is 0. The monoisotopic (exact) mass is 280 g/mol. The maximum Gasteiger partial charge on any atom is 0.250 e. The van der Waals surface area contributed by atoms with Crippen LogP contribution in [0.25, 0.3) is 0 Å². The summed E-state index contributed by atoms with van der Waals surface area (Å²) in [5, 5.41) is 1.45. The van der Waals surface area contributed by atoms with Crippen molar-refractivity contribution < 1.29 is 9.59 Å². The van der Waals surface area contributed by atoms with E-state index in [1.165, 1.54) is 5.01 Å². The van der Waals surface area contributed by atoms with E-state index >= 15 is 0 Å². The van der Waals surface area contributed by atoms with Gasteiger partial charge in [-0.1, -0.05) is 30.4 Å². The Bertz CT molecular complexity index is 677. The lowest BCUT2D eigenvalue weighted by Gasteiger charge is -2.37. The Morgan fingerprint density at radius 1 is 1.00 bits per heavy atom. The van der Waals surface area contributed by atoms with Crippen molar-refractivity contribution in [3.63, 3.8) is 0 Å². The number of hydrogen-bond acceptors (Lipinski definition) is 2. The van der Waals surface area contributed by atoms with Crippen molar-refractivity contribution in [1.29, 1.82) is 0 Å². The second-order valence-electron chi connectivity index (χ2n) is 6.71. The number of anilines is 1.